The lowest BCUT2D eigenvalue weighted by Gasteiger charge is -2.18. The van der Waals surface area contributed by atoms with E-state index in [0.717, 1.165) is 77.0 Å². The highest BCUT2D eigenvalue weighted by atomic mass is 16.6. The first-order valence-electron chi connectivity index (χ1n) is 27.1. The minimum Gasteiger partial charge on any atom is -0.462 e. The van der Waals surface area contributed by atoms with Crippen molar-refractivity contribution in [2.24, 2.45) is 0 Å². The van der Waals surface area contributed by atoms with Crippen LogP contribution < -0.4 is 0 Å². The molecular formula is C57H102O6. The Balaban J connectivity index is 4.40. The Morgan fingerprint density at radius 1 is 0.333 bits per heavy atom. The zero-order valence-corrected chi connectivity index (χ0v) is 41.8. The molecule has 366 valence electrons. The van der Waals surface area contributed by atoms with Gasteiger partial charge in [-0.2, -0.15) is 0 Å². The van der Waals surface area contributed by atoms with Crippen LogP contribution >= 0.6 is 0 Å². The average Bonchev–Trinajstić information content (AvgIpc) is 3.28. The van der Waals surface area contributed by atoms with Gasteiger partial charge in [0.15, 0.2) is 6.10 Å². The fraction of sp³-hybridized carbons (Fsp3) is 0.807. The number of allylic oxidation sites excluding steroid dienone is 8. The Labute approximate surface area is 390 Å². The third kappa shape index (κ3) is 50.2. The summed E-state index contributed by atoms with van der Waals surface area (Å²) in [7, 11) is 0. The molecule has 0 aliphatic carbocycles. The van der Waals surface area contributed by atoms with E-state index in [1.807, 2.05) is 0 Å². The molecule has 0 aliphatic rings. The third-order valence-corrected chi connectivity index (χ3v) is 11.8. The van der Waals surface area contributed by atoms with Crippen molar-refractivity contribution < 1.29 is 28.6 Å². The van der Waals surface area contributed by atoms with Crippen LogP contribution in [0.1, 0.15) is 278 Å². The van der Waals surface area contributed by atoms with E-state index >= 15 is 0 Å². The smallest absolute Gasteiger partial charge is 0.306 e. The summed E-state index contributed by atoms with van der Waals surface area (Å²) in [6.07, 6.45) is 62.4. The lowest BCUT2D eigenvalue weighted by Crippen LogP contribution is -2.30. The van der Waals surface area contributed by atoms with Gasteiger partial charge in [0.2, 0.25) is 0 Å². The van der Waals surface area contributed by atoms with Crippen LogP contribution in [0.2, 0.25) is 0 Å². The van der Waals surface area contributed by atoms with E-state index in [4.69, 9.17) is 14.2 Å². The van der Waals surface area contributed by atoms with Crippen molar-refractivity contribution in [2.75, 3.05) is 13.2 Å². The molecule has 0 aromatic carbocycles. The summed E-state index contributed by atoms with van der Waals surface area (Å²) in [5.74, 6) is -0.914. The minimum absolute atomic E-state index is 0.0858. The SMILES string of the molecule is CC/C=C\C/C=C\C/C=C\C/C=C\CCCCC(=O)OC(COC(=O)CCCCCCCCCCCCCCCCC)COC(=O)CCCCCCCCCCCCCCCCC. The second kappa shape index (κ2) is 52.0. The first-order chi connectivity index (χ1) is 31.0. The van der Waals surface area contributed by atoms with Gasteiger partial charge in [-0.3, -0.25) is 14.4 Å². The van der Waals surface area contributed by atoms with Gasteiger partial charge in [-0.25, -0.2) is 0 Å². The minimum atomic E-state index is -0.790. The van der Waals surface area contributed by atoms with E-state index < -0.39 is 6.10 Å². The maximum atomic E-state index is 12.8. The van der Waals surface area contributed by atoms with Crippen molar-refractivity contribution in [1.82, 2.24) is 0 Å². The van der Waals surface area contributed by atoms with E-state index in [9.17, 15) is 14.4 Å². The summed E-state index contributed by atoms with van der Waals surface area (Å²) < 4.78 is 16.8. The molecule has 0 aliphatic heterocycles. The number of hydrogen-bond donors (Lipinski definition) is 0. The molecule has 0 unspecified atom stereocenters. The first kappa shape index (κ1) is 60.4. The lowest BCUT2D eigenvalue weighted by molar-refractivity contribution is -0.167. The van der Waals surface area contributed by atoms with Crippen molar-refractivity contribution >= 4 is 17.9 Å². The van der Waals surface area contributed by atoms with Gasteiger partial charge >= 0.3 is 17.9 Å². The molecule has 0 fully saturated rings. The van der Waals surface area contributed by atoms with E-state index in [0.29, 0.717) is 19.3 Å². The van der Waals surface area contributed by atoms with Gasteiger partial charge in [0.05, 0.1) is 0 Å². The summed E-state index contributed by atoms with van der Waals surface area (Å²) >= 11 is 0. The number of rotatable bonds is 49. The molecule has 0 saturated carbocycles. The van der Waals surface area contributed by atoms with E-state index in [2.05, 4.69) is 69.4 Å². The molecule has 0 saturated heterocycles. The van der Waals surface area contributed by atoms with E-state index in [-0.39, 0.29) is 37.5 Å². The van der Waals surface area contributed by atoms with Gasteiger partial charge in [-0.15, -0.1) is 0 Å². The lowest BCUT2D eigenvalue weighted by atomic mass is 10.0. The van der Waals surface area contributed by atoms with Crippen LogP contribution in [0.4, 0.5) is 0 Å². The van der Waals surface area contributed by atoms with Gasteiger partial charge in [-0.05, 0) is 57.8 Å². The Kier molecular flexibility index (Phi) is 49.8. The molecule has 0 radical (unpaired) electrons. The number of esters is 3. The van der Waals surface area contributed by atoms with Crippen molar-refractivity contribution in [2.45, 2.75) is 284 Å². The van der Waals surface area contributed by atoms with Crippen LogP contribution in [0.5, 0.6) is 0 Å². The summed E-state index contributed by atoms with van der Waals surface area (Å²) in [6.45, 7) is 6.52. The molecule has 0 aromatic rings. The third-order valence-electron chi connectivity index (χ3n) is 11.8. The fourth-order valence-corrected chi connectivity index (χ4v) is 7.79. The quantitative estimate of drug-likeness (QED) is 0.0262. The summed E-state index contributed by atoms with van der Waals surface area (Å²) in [6, 6.07) is 0. The van der Waals surface area contributed by atoms with Gasteiger partial charge in [0.25, 0.3) is 0 Å². The molecule has 0 atom stereocenters. The molecule has 0 amide bonds. The second-order valence-electron chi connectivity index (χ2n) is 18.1. The average molecular weight is 883 g/mol. The van der Waals surface area contributed by atoms with Crippen LogP contribution in [0, 0.1) is 0 Å². The topological polar surface area (TPSA) is 78.9 Å². The zero-order valence-electron chi connectivity index (χ0n) is 41.8. The maximum absolute atomic E-state index is 12.8. The molecule has 6 nitrogen and oxygen atoms in total. The molecule has 0 spiro atoms. The van der Waals surface area contributed by atoms with Crippen molar-refractivity contribution in [3.8, 4) is 0 Å². The summed E-state index contributed by atoms with van der Waals surface area (Å²) in [5.41, 5.74) is 0. The van der Waals surface area contributed by atoms with Crippen LogP contribution in [0.3, 0.4) is 0 Å². The Morgan fingerprint density at radius 2 is 0.619 bits per heavy atom. The molecular weight excluding hydrogens is 781 g/mol. The predicted molar refractivity (Wildman–Crippen MR) is 270 cm³/mol. The second-order valence-corrected chi connectivity index (χ2v) is 18.1. The van der Waals surface area contributed by atoms with Gasteiger partial charge in [0, 0.05) is 19.3 Å². The van der Waals surface area contributed by atoms with Gasteiger partial charge < -0.3 is 14.2 Å². The predicted octanol–water partition coefficient (Wildman–Crippen LogP) is 17.9. The van der Waals surface area contributed by atoms with Crippen molar-refractivity contribution in [3.05, 3.63) is 48.6 Å². The normalized spacial score (nSPS) is 11.9. The highest BCUT2D eigenvalue weighted by molar-refractivity contribution is 5.71. The summed E-state index contributed by atoms with van der Waals surface area (Å²) in [4.78, 5) is 38.0. The molecule has 0 heterocycles. The Hall–Kier alpha value is -2.63. The number of hydrogen-bond acceptors (Lipinski definition) is 6. The van der Waals surface area contributed by atoms with E-state index in [1.165, 1.54) is 154 Å². The Bertz CT molecular complexity index is 1060. The highest BCUT2D eigenvalue weighted by Crippen LogP contribution is 2.16. The molecule has 0 rings (SSSR count). The monoisotopic (exact) mass is 883 g/mol. The molecule has 0 N–H and O–H groups in total. The molecule has 63 heavy (non-hydrogen) atoms. The standard InChI is InChI=1S/C57H102O6/c1-4-7-10-13-16-19-22-25-28-31-34-37-40-43-46-49-55(58)61-52-54(63-57(60)51-48-45-42-39-36-33-30-27-24-21-18-15-12-9-6-3)53-62-56(59)50-47-44-41-38-35-32-29-26-23-20-17-14-11-8-5-2/h9,12,18,21,27,30,36,39,54H,4-8,10-11,13-17,19-20,22-26,28-29,31-35,37-38,40-53H2,1-3H3/b12-9-,21-18-,30-27-,39-36-. The molecule has 6 heteroatoms. The van der Waals surface area contributed by atoms with Gasteiger partial charge in [0.1, 0.15) is 13.2 Å². The number of unbranched alkanes of at least 4 members (excludes halogenated alkanes) is 30. The first-order valence-corrected chi connectivity index (χ1v) is 27.1. The van der Waals surface area contributed by atoms with Crippen LogP contribution in [0.15, 0.2) is 48.6 Å². The molecule has 0 aromatic heterocycles. The number of carbonyl (C=O) groups is 3. The van der Waals surface area contributed by atoms with E-state index in [1.54, 1.807) is 0 Å². The number of ether oxygens (including phenoxy) is 3. The van der Waals surface area contributed by atoms with Crippen LogP contribution in [-0.4, -0.2) is 37.2 Å². The van der Waals surface area contributed by atoms with Crippen LogP contribution in [0.25, 0.3) is 0 Å². The summed E-state index contributed by atoms with van der Waals surface area (Å²) in [5, 5.41) is 0. The zero-order chi connectivity index (χ0) is 45.8. The highest BCUT2D eigenvalue weighted by Gasteiger charge is 2.19. The van der Waals surface area contributed by atoms with Gasteiger partial charge in [-0.1, -0.05) is 249 Å². The largest absolute Gasteiger partial charge is 0.462 e. The van der Waals surface area contributed by atoms with Crippen LogP contribution in [-0.2, 0) is 28.6 Å². The van der Waals surface area contributed by atoms with Crippen molar-refractivity contribution in [1.29, 1.82) is 0 Å². The van der Waals surface area contributed by atoms with Crippen molar-refractivity contribution in [3.63, 3.8) is 0 Å². The Morgan fingerprint density at radius 3 is 0.968 bits per heavy atom. The molecule has 0 bridgehead atoms. The maximum Gasteiger partial charge on any atom is 0.306 e. The number of carbonyl (C=O) groups excluding carboxylic acids is 3. The fourth-order valence-electron chi connectivity index (χ4n) is 7.79.